The number of sulfone groups is 1. The Balaban J connectivity index is 1.63. The highest BCUT2D eigenvalue weighted by molar-refractivity contribution is 7.90. The van der Waals surface area contributed by atoms with Crippen molar-refractivity contribution in [3.05, 3.63) is 42.2 Å². The summed E-state index contributed by atoms with van der Waals surface area (Å²) in [6, 6.07) is 6.87. The third kappa shape index (κ3) is 3.43. The lowest BCUT2D eigenvalue weighted by Gasteiger charge is -2.36. The molecule has 128 valence electrons. The van der Waals surface area contributed by atoms with Crippen molar-refractivity contribution in [2.45, 2.75) is 4.90 Å². The van der Waals surface area contributed by atoms with E-state index in [1.807, 2.05) is 17.0 Å². The summed E-state index contributed by atoms with van der Waals surface area (Å²) in [5, 5.41) is 4.03. The average Bonchev–Trinajstić information content (AvgIpc) is 3.00. The van der Waals surface area contributed by atoms with E-state index in [-0.39, 0.29) is 5.91 Å². The van der Waals surface area contributed by atoms with Gasteiger partial charge in [0, 0.05) is 51.4 Å². The van der Waals surface area contributed by atoms with E-state index in [0.29, 0.717) is 36.6 Å². The zero-order valence-electron chi connectivity index (χ0n) is 13.7. The van der Waals surface area contributed by atoms with E-state index in [4.69, 9.17) is 0 Å². The standard InChI is InChI=1S/C16H20N4O3S/c1-18-12-13(11-17-18)16(21)20-9-7-19(8-10-20)14-3-5-15(6-4-14)24(2,22)23/h3-6,11-12H,7-10H2,1-2H3. The maximum Gasteiger partial charge on any atom is 0.257 e. The predicted molar refractivity (Wildman–Crippen MR) is 90.9 cm³/mol. The van der Waals surface area contributed by atoms with Crippen LogP contribution in [0.2, 0.25) is 0 Å². The highest BCUT2D eigenvalue weighted by Gasteiger charge is 2.23. The Morgan fingerprint density at radius 3 is 2.21 bits per heavy atom. The van der Waals surface area contributed by atoms with Crippen LogP contribution in [0.3, 0.4) is 0 Å². The molecule has 0 spiro atoms. The second kappa shape index (κ2) is 6.27. The lowest BCUT2D eigenvalue weighted by Crippen LogP contribution is -2.48. The van der Waals surface area contributed by atoms with E-state index in [9.17, 15) is 13.2 Å². The zero-order chi connectivity index (χ0) is 17.3. The van der Waals surface area contributed by atoms with E-state index in [2.05, 4.69) is 10.00 Å². The Bertz CT molecular complexity index is 834. The predicted octanol–water partition coefficient (Wildman–Crippen LogP) is 0.786. The molecule has 7 nitrogen and oxygen atoms in total. The molecule has 0 bridgehead atoms. The maximum atomic E-state index is 12.4. The average molecular weight is 348 g/mol. The molecular weight excluding hydrogens is 328 g/mol. The van der Waals surface area contributed by atoms with Gasteiger partial charge in [0.05, 0.1) is 16.7 Å². The van der Waals surface area contributed by atoms with Gasteiger partial charge in [-0.3, -0.25) is 9.48 Å². The van der Waals surface area contributed by atoms with Crippen LogP contribution in [-0.2, 0) is 16.9 Å². The Kier molecular flexibility index (Phi) is 4.31. The van der Waals surface area contributed by atoms with Gasteiger partial charge < -0.3 is 9.80 Å². The normalized spacial score (nSPS) is 15.6. The number of hydrogen-bond acceptors (Lipinski definition) is 5. The molecular formula is C16H20N4O3S. The van der Waals surface area contributed by atoms with Crippen LogP contribution in [0.1, 0.15) is 10.4 Å². The van der Waals surface area contributed by atoms with E-state index >= 15 is 0 Å². The minimum Gasteiger partial charge on any atom is -0.368 e. The van der Waals surface area contributed by atoms with Crippen molar-refractivity contribution in [2.24, 2.45) is 7.05 Å². The zero-order valence-corrected chi connectivity index (χ0v) is 14.5. The molecule has 2 aromatic rings. The van der Waals surface area contributed by atoms with Crippen LogP contribution in [0.15, 0.2) is 41.6 Å². The van der Waals surface area contributed by atoms with E-state index in [1.54, 1.807) is 36.3 Å². The van der Waals surface area contributed by atoms with E-state index < -0.39 is 9.84 Å². The molecule has 1 aromatic carbocycles. The van der Waals surface area contributed by atoms with Crippen LogP contribution >= 0.6 is 0 Å². The molecule has 24 heavy (non-hydrogen) atoms. The molecule has 0 N–H and O–H groups in total. The second-order valence-corrected chi connectivity index (χ2v) is 7.96. The summed E-state index contributed by atoms with van der Waals surface area (Å²) >= 11 is 0. The van der Waals surface area contributed by atoms with Crippen molar-refractivity contribution < 1.29 is 13.2 Å². The summed E-state index contributed by atoms with van der Waals surface area (Å²) < 4.78 is 24.6. The third-order valence-electron chi connectivity index (χ3n) is 4.15. The highest BCUT2D eigenvalue weighted by Crippen LogP contribution is 2.20. The quantitative estimate of drug-likeness (QED) is 0.820. The number of benzene rings is 1. The summed E-state index contributed by atoms with van der Waals surface area (Å²) in [6.07, 6.45) is 4.50. The van der Waals surface area contributed by atoms with Crippen molar-refractivity contribution in [3.8, 4) is 0 Å². The first-order valence-corrected chi connectivity index (χ1v) is 9.57. The molecule has 0 aliphatic carbocycles. The topological polar surface area (TPSA) is 75.5 Å². The van der Waals surface area contributed by atoms with Crippen LogP contribution < -0.4 is 4.90 Å². The van der Waals surface area contributed by atoms with E-state index in [0.717, 1.165) is 5.69 Å². The van der Waals surface area contributed by atoms with Gasteiger partial charge >= 0.3 is 0 Å². The fraction of sp³-hybridized carbons (Fsp3) is 0.375. The Hall–Kier alpha value is -2.35. The van der Waals surface area contributed by atoms with E-state index in [1.165, 1.54) is 6.26 Å². The molecule has 3 rings (SSSR count). The van der Waals surface area contributed by atoms with Crippen molar-refractivity contribution in [1.29, 1.82) is 0 Å². The number of anilines is 1. The minimum atomic E-state index is -3.18. The molecule has 8 heteroatoms. The summed E-state index contributed by atoms with van der Waals surface area (Å²) in [6.45, 7) is 2.68. The van der Waals surface area contributed by atoms with Gasteiger partial charge in [-0.15, -0.1) is 0 Å². The molecule has 1 amide bonds. The molecule has 0 saturated carbocycles. The molecule has 2 heterocycles. The van der Waals surface area contributed by atoms with Gasteiger partial charge in [-0.2, -0.15) is 5.10 Å². The fourth-order valence-corrected chi connectivity index (χ4v) is 3.42. The smallest absolute Gasteiger partial charge is 0.257 e. The number of nitrogens with zero attached hydrogens (tertiary/aromatic N) is 4. The Morgan fingerprint density at radius 2 is 1.71 bits per heavy atom. The molecule has 1 fully saturated rings. The number of carbonyl (C=O) groups excluding carboxylic acids is 1. The Morgan fingerprint density at radius 1 is 1.08 bits per heavy atom. The lowest BCUT2D eigenvalue weighted by atomic mass is 10.2. The first-order valence-electron chi connectivity index (χ1n) is 7.67. The van der Waals surface area contributed by atoms with Crippen LogP contribution in [-0.4, -0.2) is 61.4 Å². The van der Waals surface area contributed by atoms with Crippen molar-refractivity contribution in [3.63, 3.8) is 0 Å². The third-order valence-corrected chi connectivity index (χ3v) is 5.28. The molecule has 1 aliphatic heterocycles. The number of hydrogen-bond donors (Lipinski definition) is 0. The minimum absolute atomic E-state index is 0.00447. The van der Waals surface area contributed by atoms with Gasteiger partial charge in [0.1, 0.15) is 0 Å². The summed E-state index contributed by atoms with van der Waals surface area (Å²) in [4.78, 5) is 16.7. The monoisotopic (exact) mass is 348 g/mol. The summed E-state index contributed by atoms with van der Waals surface area (Å²) in [5.41, 5.74) is 1.57. The maximum absolute atomic E-state index is 12.4. The van der Waals surface area contributed by atoms with Gasteiger partial charge in [0.15, 0.2) is 9.84 Å². The first-order chi connectivity index (χ1) is 11.3. The Labute approximate surface area is 141 Å². The molecule has 0 radical (unpaired) electrons. The van der Waals surface area contributed by atoms with Gasteiger partial charge in [-0.1, -0.05) is 0 Å². The lowest BCUT2D eigenvalue weighted by molar-refractivity contribution is 0.0746. The second-order valence-electron chi connectivity index (χ2n) is 5.95. The van der Waals surface area contributed by atoms with Gasteiger partial charge in [-0.05, 0) is 24.3 Å². The SMILES string of the molecule is Cn1cc(C(=O)N2CCN(c3ccc(S(C)(=O)=O)cc3)CC2)cn1. The molecule has 0 atom stereocenters. The van der Waals surface area contributed by atoms with Gasteiger partial charge in [0.2, 0.25) is 0 Å². The van der Waals surface area contributed by atoms with Crippen molar-refractivity contribution >= 4 is 21.4 Å². The summed E-state index contributed by atoms with van der Waals surface area (Å²) in [5.74, 6) is -0.00447. The van der Waals surface area contributed by atoms with Crippen LogP contribution in [0.5, 0.6) is 0 Å². The van der Waals surface area contributed by atoms with Crippen molar-refractivity contribution in [2.75, 3.05) is 37.3 Å². The van der Waals surface area contributed by atoms with Crippen LogP contribution in [0.25, 0.3) is 0 Å². The summed E-state index contributed by atoms with van der Waals surface area (Å²) in [7, 11) is -1.39. The number of rotatable bonds is 3. The number of aromatic nitrogens is 2. The number of piperazine rings is 1. The fourth-order valence-electron chi connectivity index (χ4n) is 2.79. The van der Waals surface area contributed by atoms with Gasteiger partial charge in [-0.25, -0.2) is 8.42 Å². The number of carbonyl (C=O) groups is 1. The molecule has 1 aliphatic rings. The van der Waals surface area contributed by atoms with Crippen LogP contribution in [0.4, 0.5) is 5.69 Å². The highest BCUT2D eigenvalue weighted by atomic mass is 32.2. The molecule has 1 aromatic heterocycles. The van der Waals surface area contributed by atoms with Crippen molar-refractivity contribution in [1.82, 2.24) is 14.7 Å². The number of amides is 1. The molecule has 1 saturated heterocycles. The largest absolute Gasteiger partial charge is 0.368 e. The van der Waals surface area contributed by atoms with Crippen LogP contribution in [0, 0.1) is 0 Å². The molecule has 0 unspecified atom stereocenters. The number of aryl methyl sites for hydroxylation is 1. The van der Waals surface area contributed by atoms with Gasteiger partial charge in [0.25, 0.3) is 5.91 Å². The first kappa shape index (κ1) is 16.5.